The van der Waals surface area contributed by atoms with Crippen molar-refractivity contribution in [1.82, 2.24) is 5.32 Å². The van der Waals surface area contributed by atoms with Gasteiger partial charge in [-0.15, -0.1) is 0 Å². The van der Waals surface area contributed by atoms with Gasteiger partial charge >= 0.3 is 0 Å². The Balaban J connectivity index is 1.97. The molecule has 1 heterocycles. The molecule has 2 nitrogen and oxygen atoms in total. The Morgan fingerprint density at radius 1 is 1.00 bits per heavy atom. The summed E-state index contributed by atoms with van der Waals surface area (Å²) < 4.78 is 0. The fourth-order valence-corrected chi connectivity index (χ4v) is 2.46. The van der Waals surface area contributed by atoms with Gasteiger partial charge in [0.1, 0.15) is 6.17 Å². The monoisotopic (exact) mass is 224 g/mol. The van der Waals surface area contributed by atoms with E-state index in [2.05, 4.69) is 71.9 Å². The van der Waals surface area contributed by atoms with Crippen LogP contribution < -0.4 is 10.2 Å². The molecule has 0 bridgehead atoms. The summed E-state index contributed by atoms with van der Waals surface area (Å²) in [6.07, 6.45) is 0.270. The van der Waals surface area contributed by atoms with E-state index in [9.17, 15) is 0 Å². The third kappa shape index (κ3) is 1.81. The molecule has 86 valence electrons. The van der Waals surface area contributed by atoms with E-state index in [0.29, 0.717) is 0 Å². The molecule has 0 aromatic heterocycles. The molecule has 1 atom stereocenters. The van der Waals surface area contributed by atoms with E-state index in [1.807, 2.05) is 0 Å². The molecule has 2 aromatic rings. The Labute approximate surface area is 102 Å². The third-order valence-corrected chi connectivity index (χ3v) is 3.36. The number of rotatable bonds is 1. The fourth-order valence-electron chi connectivity index (χ4n) is 2.46. The molecule has 2 heteroatoms. The van der Waals surface area contributed by atoms with Crippen LogP contribution in [0.3, 0.4) is 0 Å². The number of hydrogen-bond acceptors (Lipinski definition) is 2. The second-order valence-corrected chi connectivity index (χ2v) is 4.43. The van der Waals surface area contributed by atoms with Crippen molar-refractivity contribution in [1.29, 1.82) is 0 Å². The molecule has 3 rings (SSSR count). The molecule has 1 aliphatic heterocycles. The van der Waals surface area contributed by atoms with Crippen LogP contribution in [0.15, 0.2) is 54.6 Å². The lowest BCUT2D eigenvalue weighted by Gasteiger charge is -2.37. The van der Waals surface area contributed by atoms with Crippen LogP contribution in [0.4, 0.5) is 5.69 Å². The van der Waals surface area contributed by atoms with Crippen LogP contribution in [-0.4, -0.2) is 7.05 Å². The first-order valence-corrected chi connectivity index (χ1v) is 5.95. The minimum Gasteiger partial charge on any atom is -0.355 e. The summed E-state index contributed by atoms with van der Waals surface area (Å²) in [4.78, 5) is 2.30. The van der Waals surface area contributed by atoms with Crippen LogP contribution in [0.2, 0.25) is 0 Å². The molecule has 17 heavy (non-hydrogen) atoms. The predicted molar refractivity (Wildman–Crippen MR) is 70.9 cm³/mol. The van der Waals surface area contributed by atoms with E-state index in [1.165, 1.54) is 16.8 Å². The number of nitrogens with one attached hydrogen (secondary N) is 1. The predicted octanol–water partition coefficient (Wildman–Crippen LogP) is 2.92. The molecular weight excluding hydrogens is 208 g/mol. The quantitative estimate of drug-likeness (QED) is 0.801. The number of fused-ring (bicyclic) bond motifs is 1. The largest absolute Gasteiger partial charge is 0.355 e. The van der Waals surface area contributed by atoms with Gasteiger partial charge in [0.2, 0.25) is 0 Å². The molecule has 0 radical (unpaired) electrons. The lowest BCUT2D eigenvalue weighted by molar-refractivity contribution is 0.500. The average molecular weight is 224 g/mol. The molecule has 1 unspecified atom stereocenters. The van der Waals surface area contributed by atoms with Gasteiger partial charge in [0, 0.05) is 19.3 Å². The summed E-state index contributed by atoms with van der Waals surface area (Å²) in [7, 11) is 2.14. The lowest BCUT2D eigenvalue weighted by Crippen LogP contribution is -2.40. The zero-order valence-electron chi connectivity index (χ0n) is 9.93. The van der Waals surface area contributed by atoms with Gasteiger partial charge in [0.15, 0.2) is 0 Å². The zero-order valence-corrected chi connectivity index (χ0v) is 9.93. The fraction of sp³-hybridized carbons (Fsp3) is 0.200. The molecule has 0 spiro atoms. The number of hydrogen-bond donors (Lipinski definition) is 1. The number of benzene rings is 2. The van der Waals surface area contributed by atoms with Gasteiger partial charge in [-0.1, -0.05) is 48.5 Å². The number of nitrogens with zero attached hydrogens (tertiary/aromatic N) is 1. The summed E-state index contributed by atoms with van der Waals surface area (Å²) >= 11 is 0. The SMILES string of the molecule is CN1c2ccccc2CNC1c1ccccc1. The Bertz CT molecular complexity index is 507. The molecule has 0 saturated heterocycles. The van der Waals surface area contributed by atoms with Crippen molar-refractivity contribution >= 4 is 5.69 Å². The van der Waals surface area contributed by atoms with Gasteiger partial charge in [-0.3, -0.25) is 5.32 Å². The molecule has 0 saturated carbocycles. The average Bonchev–Trinajstić information content (AvgIpc) is 2.40. The standard InChI is InChI=1S/C15H16N2/c1-17-14-10-6-5-9-13(14)11-16-15(17)12-7-3-2-4-8-12/h2-10,15-16H,11H2,1H3. The summed E-state index contributed by atoms with van der Waals surface area (Å²) in [6.45, 7) is 0.931. The highest BCUT2D eigenvalue weighted by Crippen LogP contribution is 2.30. The van der Waals surface area contributed by atoms with Crippen molar-refractivity contribution in [2.24, 2.45) is 0 Å². The summed E-state index contributed by atoms with van der Waals surface area (Å²) in [5, 5.41) is 3.57. The van der Waals surface area contributed by atoms with E-state index in [1.54, 1.807) is 0 Å². The molecule has 0 aliphatic carbocycles. The molecule has 0 fully saturated rings. The van der Waals surface area contributed by atoms with E-state index in [-0.39, 0.29) is 6.17 Å². The van der Waals surface area contributed by atoms with Gasteiger partial charge in [0.25, 0.3) is 0 Å². The highest BCUT2D eigenvalue weighted by molar-refractivity contribution is 5.56. The van der Waals surface area contributed by atoms with E-state index in [4.69, 9.17) is 0 Å². The van der Waals surface area contributed by atoms with Gasteiger partial charge in [0.05, 0.1) is 0 Å². The summed E-state index contributed by atoms with van der Waals surface area (Å²) in [5.41, 5.74) is 3.99. The van der Waals surface area contributed by atoms with Gasteiger partial charge in [-0.25, -0.2) is 0 Å². The van der Waals surface area contributed by atoms with Gasteiger partial charge in [-0.2, -0.15) is 0 Å². The molecule has 2 aromatic carbocycles. The first-order chi connectivity index (χ1) is 8.36. The maximum absolute atomic E-state index is 3.57. The minimum absolute atomic E-state index is 0.270. The van der Waals surface area contributed by atoms with Gasteiger partial charge in [-0.05, 0) is 17.2 Å². The topological polar surface area (TPSA) is 15.3 Å². The highest BCUT2D eigenvalue weighted by Gasteiger charge is 2.23. The Morgan fingerprint density at radius 2 is 1.71 bits per heavy atom. The van der Waals surface area contributed by atoms with Crippen molar-refractivity contribution in [2.75, 3.05) is 11.9 Å². The molecular formula is C15H16N2. The van der Waals surface area contributed by atoms with Crippen LogP contribution in [0.25, 0.3) is 0 Å². The van der Waals surface area contributed by atoms with Crippen molar-refractivity contribution < 1.29 is 0 Å². The minimum atomic E-state index is 0.270. The van der Waals surface area contributed by atoms with Crippen LogP contribution in [-0.2, 0) is 6.54 Å². The van der Waals surface area contributed by atoms with Crippen molar-refractivity contribution in [3.8, 4) is 0 Å². The maximum Gasteiger partial charge on any atom is 0.106 e. The molecule has 0 amide bonds. The Morgan fingerprint density at radius 3 is 2.53 bits per heavy atom. The third-order valence-electron chi connectivity index (χ3n) is 3.36. The molecule has 1 N–H and O–H groups in total. The lowest BCUT2D eigenvalue weighted by atomic mass is 10.0. The maximum atomic E-state index is 3.57. The van der Waals surface area contributed by atoms with E-state index in [0.717, 1.165) is 6.54 Å². The number of para-hydroxylation sites is 1. The van der Waals surface area contributed by atoms with Crippen LogP contribution in [0, 0.1) is 0 Å². The summed E-state index contributed by atoms with van der Waals surface area (Å²) in [5.74, 6) is 0. The van der Waals surface area contributed by atoms with Crippen molar-refractivity contribution in [3.05, 3.63) is 65.7 Å². The second kappa shape index (κ2) is 4.22. The van der Waals surface area contributed by atoms with Crippen LogP contribution >= 0.6 is 0 Å². The van der Waals surface area contributed by atoms with Crippen LogP contribution in [0.5, 0.6) is 0 Å². The summed E-state index contributed by atoms with van der Waals surface area (Å²) in [6, 6.07) is 19.1. The highest BCUT2D eigenvalue weighted by atomic mass is 15.3. The molecule has 1 aliphatic rings. The smallest absolute Gasteiger partial charge is 0.106 e. The number of anilines is 1. The van der Waals surface area contributed by atoms with Crippen molar-refractivity contribution in [2.45, 2.75) is 12.7 Å². The zero-order chi connectivity index (χ0) is 11.7. The first kappa shape index (κ1) is 10.4. The van der Waals surface area contributed by atoms with Crippen molar-refractivity contribution in [3.63, 3.8) is 0 Å². The second-order valence-electron chi connectivity index (χ2n) is 4.43. The van der Waals surface area contributed by atoms with Gasteiger partial charge < -0.3 is 4.90 Å². The first-order valence-electron chi connectivity index (χ1n) is 5.95. The van der Waals surface area contributed by atoms with E-state index < -0.39 is 0 Å². The van der Waals surface area contributed by atoms with E-state index >= 15 is 0 Å². The Kier molecular flexibility index (Phi) is 2.57. The Hall–Kier alpha value is -1.80. The van der Waals surface area contributed by atoms with Crippen LogP contribution in [0.1, 0.15) is 17.3 Å². The normalized spacial score (nSPS) is 18.9.